The zero-order chi connectivity index (χ0) is 18.1. The summed E-state index contributed by atoms with van der Waals surface area (Å²) in [6.07, 6.45) is 0. The number of hydrogen-bond acceptors (Lipinski definition) is 3. The fraction of sp³-hybridized carbons (Fsp3) is 0.0714. The number of halogens is 5. The summed E-state index contributed by atoms with van der Waals surface area (Å²) in [6.45, 7) is -0.635. The van der Waals surface area contributed by atoms with Crippen molar-refractivity contribution in [3.05, 3.63) is 56.5 Å². The molecule has 2 aromatic rings. The Morgan fingerprint density at radius 2 is 1.54 bits per heavy atom. The van der Waals surface area contributed by atoms with Crippen LogP contribution in [0.25, 0.3) is 0 Å². The molecule has 0 aliphatic carbocycles. The van der Waals surface area contributed by atoms with Gasteiger partial charge in [0, 0.05) is 5.02 Å². The summed E-state index contributed by atoms with van der Waals surface area (Å²) in [5.74, 6) is 0. The van der Waals surface area contributed by atoms with E-state index in [4.69, 9.17) is 58.0 Å². The van der Waals surface area contributed by atoms with Crippen LogP contribution in [0.15, 0.2) is 41.3 Å². The van der Waals surface area contributed by atoms with Crippen molar-refractivity contribution in [2.24, 2.45) is 0 Å². The second kappa shape index (κ2) is 7.68. The molecule has 0 saturated carbocycles. The number of hydrogen-bond donors (Lipinski definition) is 0. The monoisotopic (exact) mass is 445 g/mol. The molecule has 0 heterocycles. The van der Waals surface area contributed by atoms with Crippen molar-refractivity contribution in [2.75, 3.05) is 10.8 Å². The van der Waals surface area contributed by atoms with E-state index in [1.807, 2.05) is 0 Å². The maximum Gasteiger partial charge on any atom is 0.264 e. The van der Waals surface area contributed by atoms with Gasteiger partial charge in [0.15, 0.2) is 0 Å². The molecular formula is C14H8Cl5NO3S. The van der Waals surface area contributed by atoms with E-state index in [9.17, 15) is 13.2 Å². The maximum atomic E-state index is 12.9. The van der Waals surface area contributed by atoms with E-state index < -0.39 is 21.8 Å². The molecule has 10 heteroatoms. The fourth-order valence-electron chi connectivity index (χ4n) is 1.85. The second-order valence-electron chi connectivity index (χ2n) is 4.54. The Balaban J connectivity index is 2.64. The highest BCUT2D eigenvalue weighted by atomic mass is 35.5. The minimum atomic E-state index is -4.19. The molecule has 0 unspecified atom stereocenters. The van der Waals surface area contributed by atoms with Gasteiger partial charge < -0.3 is 0 Å². The van der Waals surface area contributed by atoms with Crippen molar-refractivity contribution >= 4 is 79.0 Å². The maximum absolute atomic E-state index is 12.9. The lowest BCUT2D eigenvalue weighted by molar-refractivity contribution is -0.110. The molecule has 0 aliphatic rings. The molecule has 2 rings (SSSR count). The summed E-state index contributed by atoms with van der Waals surface area (Å²) in [5, 5.41) is -0.329. The quantitative estimate of drug-likeness (QED) is 0.588. The predicted molar refractivity (Wildman–Crippen MR) is 98.3 cm³/mol. The standard InChI is InChI=1S/C14H8Cl5NO3S/c15-8-1-3-11(17)13(5-8)20(7-14(19)21)24(22,23)9-2-4-10(16)12(18)6-9/h1-6H,7H2. The van der Waals surface area contributed by atoms with Crippen molar-refractivity contribution < 1.29 is 13.2 Å². The van der Waals surface area contributed by atoms with E-state index in [-0.39, 0.29) is 30.7 Å². The van der Waals surface area contributed by atoms with Crippen molar-refractivity contribution in [3.8, 4) is 0 Å². The van der Waals surface area contributed by atoms with Gasteiger partial charge in [-0.3, -0.25) is 9.10 Å². The summed E-state index contributed by atoms with van der Waals surface area (Å²) >= 11 is 29.0. The lowest BCUT2D eigenvalue weighted by atomic mass is 10.3. The molecule has 0 aromatic heterocycles. The molecule has 128 valence electrons. The fourth-order valence-corrected chi connectivity index (χ4v) is 4.30. The normalized spacial score (nSPS) is 11.4. The molecule has 0 saturated heterocycles. The molecule has 0 atom stereocenters. The highest BCUT2D eigenvalue weighted by molar-refractivity contribution is 7.92. The average molecular weight is 448 g/mol. The van der Waals surface area contributed by atoms with Crippen LogP contribution in [-0.4, -0.2) is 20.2 Å². The summed E-state index contributed by atoms with van der Waals surface area (Å²) in [7, 11) is -4.19. The highest BCUT2D eigenvalue weighted by Gasteiger charge is 2.29. The minimum absolute atomic E-state index is 0.0178. The Kier molecular flexibility index (Phi) is 6.29. The topological polar surface area (TPSA) is 54.5 Å². The molecule has 4 nitrogen and oxygen atoms in total. The minimum Gasteiger partial charge on any atom is -0.279 e. The van der Waals surface area contributed by atoms with Crippen LogP contribution in [0.1, 0.15) is 0 Å². The van der Waals surface area contributed by atoms with Gasteiger partial charge in [-0.2, -0.15) is 0 Å². The van der Waals surface area contributed by atoms with Crippen LogP contribution in [-0.2, 0) is 14.8 Å². The van der Waals surface area contributed by atoms with Gasteiger partial charge in [0.05, 0.1) is 25.7 Å². The molecule has 0 aliphatic heterocycles. The summed E-state index contributed by atoms with van der Waals surface area (Å²) in [4.78, 5) is 11.2. The Labute approximate surface area is 163 Å². The Morgan fingerprint density at radius 1 is 0.917 bits per heavy atom. The summed E-state index contributed by atoms with van der Waals surface area (Å²) in [5.41, 5.74) is 0.0178. The molecule has 0 amide bonds. The van der Waals surface area contributed by atoms with Crippen LogP contribution in [0.2, 0.25) is 20.1 Å². The van der Waals surface area contributed by atoms with Crippen LogP contribution >= 0.6 is 58.0 Å². The van der Waals surface area contributed by atoms with Crippen LogP contribution in [0.5, 0.6) is 0 Å². The first-order valence-corrected chi connectivity index (χ1v) is 9.57. The van der Waals surface area contributed by atoms with Crippen molar-refractivity contribution in [1.29, 1.82) is 0 Å². The van der Waals surface area contributed by atoms with Crippen LogP contribution < -0.4 is 4.31 Å². The van der Waals surface area contributed by atoms with E-state index in [2.05, 4.69) is 0 Å². The first-order valence-electron chi connectivity index (χ1n) is 6.24. The zero-order valence-electron chi connectivity index (χ0n) is 11.6. The number of carbonyl (C=O) groups excluding carboxylic acids is 1. The van der Waals surface area contributed by atoms with Gasteiger partial charge in [0.2, 0.25) is 5.24 Å². The summed E-state index contributed by atoms with van der Waals surface area (Å²) in [6, 6.07) is 7.97. The van der Waals surface area contributed by atoms with Crippen LogP contribution in [0.3, 0.4) is 0 Å². The third kappa shape index (κ3) is 4.28. The van der Waals surface area contributed by atoms with Gasteiger partial charge in [-0.25, -0.2) is 8.42 Å². The van der Waals surface area contributed by atoms with Crippen molar-refractivity contribution in [1.82, 2.24) is 0 Å². The second-order valence-corrected chi connectivity index (χ2v) is 8.48. The Hall–Kier alpha value is -0.690. The average Bonchev–Trinajstić information content (AvgIpc) is 2.50. The molecule has 0 N–H and O–H groups in total. The van der Waals surface area contributed by atoms with Gasteiger partial charge in [0.25, 0.3) is 10.0 Å². The first kappa shape index (κ1) is 19.6. The summed E-state index contributed by atoms with van der Waals surface area (Å²) < 4.78 is 26.6. The SMILES string of the molecule is O=C(Cl)CN(c1cc(Cl)ccc1Cl)S(=O)(=O)c1ccc(Cl)c(Cl)c1. The molecule has 24 heavy (non-hydrogen) atoms. The smallest absolute Gasteiger partial charge is 0.264 e. The third-order valence-corrected chi connectivity index (χ3v) is 6.09. The lowest BCUT2D eigenvalue weighted by Gasteiger charge is -2.24. The number of anilines is 1. The van der Waals surface area contributed by atoms with Crippen molar-refractivity contribution in [2.45, 2.75) is 4.90 Å². The molecule has 0 bridgehead atoms. The molecule has 0 spiro atoms. The largest absolute Gasteiger partial charge is 0.279 e. The molecule has 0 radical (unpaired) electrons. The first-order chi connectivity index (χ1) is 11.1. The number of sulfonamides is 1. The van der Waals surface area contributed by atoms with Gasteiger partial charge in [-0.05, 0) is 48.0 Å². The molecular weight excluding hydrogens is 439 g/mol. The number of benzene rings is 2. The van der Waals surface area contributed by atoms with Gasteiger partial charge in [-0.1, -0.05) is 46.4 Å². The lowest BCUT2D eigenvalue weighted by Crippen LogP contribution is -2.34. The third-order valence-electron chi connectivity index (χ3n) is 2.92. The van der Waals surface area contributed by atoms with E-state index in [1.165, 1.54) is 36.4 Å². The molecule has 2 aromatic carbocycles. The Bertz CT molecular complexity index is 901. The van der Waals surface area contributed by atoms with Gasteiger partial charge >= 0.3 is 0 Å². The number of carbonyl (C=O) groups is 1. The number of nitrogens with zero attached hydrogens (tertiary/aromatic N) is 1. The highest BCUT2D eigenvalue weighted by Crippen LogP contribution is 2.34. The van der Waals surface area contributed by atoms with Gasteiger partial charge in [0.1, 0.15) is 6.54 Å². The van der Waals surface area contributed by atoms with Crippen LogP contribution in [0.4, 0.5) is 5.69 Å². The van der Waals surface area contributed by atoms with E-state index >= 15 is 0 Å². The predicted octanol–water partition coefficient (Wildman–Crippen LogP) is 5.26. The Morgan fingerprint density at radius 3 is 2.12 bits per heavy atom. The zero-order valence-corrected chi connectivity index (χ0v) is 16.2. The van der Waals surface area contributed by atoms with E-state index in [0.29, 0.717) is 0 Å². The number of rotatable bonds is 5. The van der Waals surface area contributed by atoms with Crippen molar-refractivity contribution in [3.63, 3.8) is 0 Å². The van der Waals surface area contributed by atoms with Crippen LogP contribution in [0, 0.1) is 0 Å². The van der Waals surface area contributed by atoms with E-state index in [0.717, 1.165) is 4.31 Å². The van der Waals surface area contributed by atoms with Gasteiger partial charge in [-0.15, -0.1) is 0 Å². The molecule has 0 fully saturated rings. The van der Waals surface area contributed by atoms with E-state index in [1.54, 1.807) is 0 Å².